The first-order valence-electron chi connectivity index (χ1n) is 13.2. The van der Waals surface area contributed by atoms with E-state index in [1.807, 2.05) is 42.5 Å². The standard InChI is InChI=1S/C29H34Cl2N6O3/c30-22-9-7-21(24(31)18-22)17-25(32)27(38)37-13-12-36(28(39)26(37)6-3-11-35-29(33)34)14-15-40-23-10-8-19-4-1-2-5-20(19)16-23/h1-2,4-5,7-10,16,18,25-26H,3,6,11-15,17,32H2,(H4,33,34,35)/t25-,26-/m0/s1. The third kappa shape index (κ3) is 7.56. The molecule has 9 nitrogen and oxygen atoms in total. The van der Waals surface area contributed by atoms with Crippen LogP contribution in [0.2, 0.25) is 10.0 Å². The van der Waals surface area contributed by atoms with Crippen molar-refractivity contribution < 1.29 is 14.3 Å². The van der Waals surface area contributed by atoms with E-state index in [2.05, 4.69) is 4.99 Å². The summed E-state index contributed by atoms with van der Waals surface area (Å²) >= 11 is 12.3. The van der Waals surface area contributed by atoms with Gasteiger partial charge in [-0.15, -0.1) is 0 Å². The van der Waals surface area contributed by atoms with E-state index >= 15 is 0 Å². The maximum absolute atomic E-state index is 13.6. The van der Waals surface area contributed by atoms with Gasteiger partial charge in [-0.3, -0.25) is 14.6 Å². The monoisotopic (exact) mass is 584 g/mol. The molecule has 1 aliphatic rings. The van der Waals surface area contributed by atoms with Crippen LogP contribution in [0, 0.1) is 0 Å². The molecule has 11 heteroatoms. The fraction of sp³-hybridized carbons (Fsp3) is 0.345. The minimum absolute atomic E-state index is 0.0164. The summed E-state index contributed by atoms with van der Waals surface area (Å²) in [5, 5.41) is 3.16. The number of nitrogens with zero attached hydrogens (tertiary/aromatic N) is 3. The van der Waals surface area contributed by atoms with Crippen molar-refractivity contribution >= 4 is 51.7 Å². The molecule has 2 amide bonds. The molecule has 1 aliphatic heterocycles. The Hall–Kier alpha value is -3.53. The molecular formula is C29H34Cl2N6O3. The number of guanidine groups is 1. The molecular weight excluding hydrogens is 551 g/mol. The summed E-state index contributed by atoms with van der Waals surface area (Å²) in [7, 11) is 0. The first-order chi connectivity index (χ1) is 19.2. The molecule has 0 saturated carbocycles. The molecule has 1 heterocycles. The molecule has 40 heavy (non-hydrogen) atoms. The number of piperazine rings is 1. The predicted octanol–water partition coefficient (Wildman–Crippen LogP) is 3.19. The molecule has 6 N–H and O–H groups in total. The second-order valence-corrected chi connectivity index (χ2v) is 10.6. The maximum Gasteiger partial charge on any atom is 0.245 e. The van der Waals surface area contributed by atoms with E-state index in [1.54, 1.807) is 28.0 Å². The molecule has 212 valence electrons. The first-order valence-corrected chi connectivity index (χ1v) is 13.9. The van der Waals surface area contributed by atoms with Crippen LogP contribution in [0.5, 0.6) is 5.75 Å². The maximum atomic E-state index is 13.6. The Bertz CT molecular complexity index is 1380. The van der Waals surface area contributed by atoms with Crippen LogP contribution >= 0.6 is 23.2 Å². The van der Waals surface area contributed by atoms with Gasteiger partial charge in [-0.2, -0.15) is 0 Å². The molecule has 2 atom stereocenters. The van der Waals surface area contributed by atoms with Crippen LogP contribution in [0.25, 0.3) is 10.8 Å². The summed E-state index contributed by atoms with van der Waals surface area (Å²) in [6, 6.07) is 17.5. The highest BCUT2D eigenvalue weighted by Gasteiger charge is 2.38. The van der Waals surface area contributed by atoms with Crippen molar-refractivity contribution in [2.24, 2.45) is 22.2 Å². The molecule has 0 aromatic heterocycles. The van der Waals surface area contributed by atoms with Crippen LogP contribution in [0.4, 0.5) is 0 Å². The second-order valence-electron chi connectivity index (χ2n) is 9.73. The van der Waals surface area contributed by atoms with Gasteiger partial charge >= 0.3 is 0 Å². The molecule has 3 aromatic rings. The number of fused-ring (bicyclic) bond motifs is 1. The molecule has 0 spiro atoms. The SMILES string of the molecule is NC(N)=NCCC[C@H]1C(=O)N(CCOc2ccc3ccccc3c2)CCN1C(=O)[C@@H](N)Cc1ccc(Cl)cc1Cl. The molecule has 4 rings (SSSR count). The lowest BCUT2D eigenvalue weighted by atomic mass is 10.0. The van der Waals surface area contributed by atoms with E-state index in [0.717, 1.165) is 16.5 Å². The lowest BCUT2D eigenvalue weighted by Gasteiger charge is -2.41. The van der Waals surface area contributed by atoms with Gasteiger partial charge in [0, 0.05) is 29.7 Å². The fourth-order valence-electron chi connectivity index (χ4n) is 4.85. The van der Waals surface area contributed by atoms with Crippen molar-refractivity contribution in [2.45, 2.75) is 31.3 Å². The van der Waals surface area contributed by atoms with Gasteiger partial charge in [0.15, 0.2) is 5.96 Å². The summed E-state index contributed by atoms with van der Waals surface area (Å²) in [4.78, 5) is 34.4. The van der Waals surface area contributed by atoms with E-state index in [0.29, 0.717) is 61.2 Å². The second kappa shape index (κ2) is 13.7. The zero-order valence-corrected chi connectivity index (χ0v) is 23.7. The number of aliphatic imine (C=N–C) groups is 1. The van der Waals surface area contributed by atoms with Crippen LogP contribution in [0.3, 0.4) is 0 Å². The van der Waals surface area contributed by atoms with Gasteiger partial charge in [-0.05, 0) is 59.9 Å². The molecule has 3 aromatic carbocycles. The third-order valence-corrected chi connectivity index (χ3v) is 7.51. The topological polar surface area (TPSA) is 140 Å². The highest BCUT2D eigenvalue weighted by molar-refractivity contribution is 6.35. The number of nitrogens with two attached hydrogens (primary N) is 3. The Morgan fingerprint density at radius 1 is 1.05 bits per heavy atom. The van der Waals surface area contributed by atoms with Gasteiger partial charge in [0.05, 0.1) is 12.6 Å². The van der Waals surface area contributed by atoms with Crippen LogP contribution < -0.4 is 21.9 Å². The van der Waals surface area contributed by atoms with Crippen LogP contribution in [0.1, 0.15) is 18.4 Å². The van der Waals surface area contributed by atoms with E-state index < -0.39 is 12.1 Å². The smallest absolute Gasteiger partial charge is 0.245 e. The van der Waals surface area contributed by atoms with Gasteiger partial charge in [0.2, 0.25) is 11.8 Å². The number of hydrogen-bond acceptors (Lipinski definition) is 5. The van der Waals surface area contributed by atoms with Crippen LogP contribution in [0.15, 0.2) is 65.7 Å². The summed E-state index contributed by atoms with van der Waals surface area (Å²) in [6.45, 7) is 1.81. The minimum atomic E-state index is -0.866. The lowest BCUT2D eigenvalue weighted by molar-refractivity contribution is -0.152. The number of carbonyl (C=O) groups excluding carboxylic acids is 2. The number of rotatable bonds is 11. The van der Waals surface area contributed by atoms with E-state index in [1.165, 1.54) is 0 Å². The average Bonchev–Trinajstić information content (AvgIpc) is 2.93. The Balaban J connectivity index is 1.40. The average molecular weight is 586 g/mol. The largest absolute Gasteiger partial charge is 0.492 e. The van der Waals surface area contributed by atoms with E-state index in [9.17, 15) is 9.59 Å². The third-order valence-electron chi connectivity index (χ3n) is 6.92. The van der Waals surface area contributed by atoms with Gasteiger partial charge in [-0.1, -0.05) is 59.6 Å². The lowest BCUT2D eigenvalue weighted by Crippen LogP contribution is -2.62. The van der Waals surface area contributed by atoms with Crippen molar-refractivity contribution in [3.8, 4) is 5.75 Å². The highest BCUT2D eigenvalue weighted by atomic mass is 35.5. The summed E-state index contributed by atoms with van der Waals surface area (Å²) in [6.07, 6.45) is 1.15. The van der Waals surface area contributed by atoms with Gasteiger partial charge in [-0.25, -0.2) is 0 Å². The highest BCUT2D eigenvalue weighted by Crippen LogP contribution is 2.24. The van der Waals surface area contributed by atoms with Crippen LogP contribution in [-0.4, -0.2) is 72.4 Å². The van der Waals surface area contributed by atoms with Crippen molar-refractivity contribution in [1.82, 2.24) is 9.80 Å². The Morgan fingerprint density at radius 2 is 1.82 bits per heavy atom. The fourth-order valence-corrected chi connectivity index (χ4v) is 5.34. The van der Waals surface area contributed by atoms with Gasteiger partial charge in [0.25, 0.3) is 0 Å². The number of ether oxygens (including phenoxy) is 1. The number of halogens is 2. The summed E-state index contributed by atoms with van der Waals surface area (Å²) in [5.41, 5.74) is 17.9. The number of benzene rings is 3. The van der Waals surface area contributed by atoms with Crippen molar-refractivity contribution in [3.05, 3.63) is 76.3 Å². The summed E-state index contributed by atoms with van der Waals surface area (Å²) in [5.74, 6) is 0.263. The zero-order valence-electron chi connectivity index (χ0n) is 22.1. The Morgan fingerprint density at radius 3 is 2.58 bits per heavy atom. The molecule has 1 saturated heterocycles. The van der Waals surface area contributed by atoms with Gasteiger partial charge in [0.1, 0.15) is 18.4 Å². The number of amides is 2. The summed E-state index contributed by atoms with van der Waals surface area (Å²) < 4.78 is 5.96. The number of hydrogen-bond donors (Lipinski definition) is 3. The molecule has 0 radical (unpaired) electrons. The molecule has 0 unspecified atom stereocenters. The number of carbonyl (C=O) groups is 2. The zero-order chi connectivity index (χ0) is 28.6. The van der Waals surface area contributed by atoms with E-state index in [4.69, 9.17) is 45.1 Å². The molecule has 1 fully saturated rings. The first kappa shape index (κ1) is 29.5. The van der Waals surface area contributed by atoms with Crippen molar-refractivity contribution in [2.75, 3.05) is 32.8 Å². The Labute approximate surface area is 243 Å². The normalized spacial score (nSPS) is 16.2. The van der Waals surface area contributed by atoms with E-state index in [-0.39, 0.29) is 24.2 Å². The molecule has 0 bridgehead atoms. The van der Waals surface area contributed by atoms with Crippen LogP contribution in [-0.2, 0) is 16.0 Å². The predicted molar refractivity (Wildman–Crippen MR) is 160 cm³/mol. The van der Waals surface area contributed by atoms with Gasteiger partial charge < -0.3 is 31.7 Å². The molecule has 0 aliphatic carbocycles. The Kier molecular flexibility index (Phi) is 10.1. The quantitative estimate of drug-likeness (QED) is 0.179. The minimum Gasteiger partial charge on any atom is -0.492 e. The van der Waals surface area contributed by atoms with Crippen molar-refractivity contribution in [3.63, 3.8) is 0 Å². The van der Waals surface area contributed by atoms with Crippen molar-refractivity contribution in [1.29, 1.82) is 0 Å².